The van der Waals surface area contributed by atoms with Gasteiger partial charge in [0.2, 0.25) is 0 Å². The lowest BCUT2D eigenvalue weighted by Gasteiger charge is -2.16. The average molecular weight is 206 g/mol. The molecule has 0 heterocycles. The normalized spacial score (nSPS) is 14.7. The first kappa shape index (κ1) is 11.4. The van der Waals surface area contributed by atoms with E-state index in [1.54, 1.807) is 0 Å². The molecule has 0 aliphatic carbocycles. The second-order valence-electron chi connectivity index (χ2n) is 2.63. The summed E-state index contributed by atoms with van der Waals surface area (Å²) < 4.78 is 9.99. The van der Waals surface area contributed by atoms with Crippen LogP contribution in [0.25, 0.3) is 0 Å². The Morgan fingerprint density at radius 3 is 1.33 bits per heavy atom. The van der Waals surface area contributed by atoms with Crippen molar-refractivity contribution in [2.75, 3.05) is 0 Å². The van der Waals surface area contributed by atoms with Crippen LogP contribution in [0.3, 0.4) is 0 Å². The van der Waals surface area contributed by atoms with Crippen LogP contribution in [0.1, 0.15) is 13.8 Å². The molecular formula is C6H14O4Si2. The van der Waals surface area contributed by atoms with Gasteiger partial charge in [-0.3, -0.25) is 9.59 Å². The van der Waals surface area contributed by atoms with Crippen LogP contribution in [0.15, 0.2) is 0 Å². The van der Waals surface area contributed by atoms with Crippen molar-refractivity contribution in [2.45, 2.75) is 26.9 Å². The second kappa shape index (κ2) is 5.10. The third kappa shape index (κ3) is 5.08. The Kier molecular flexibility index (Phi) is 4.83. The van der Waals surface area contributed by atoms with E-state index in [1.807, 2.05) is 13.1 Å². The summed E-state index contributed by atoms with van der Waals surface area (Å²) in [5.41, 5.74) is 0. The molecule has 2 unspecified atom stereocenters. The molecule has 0 aromatic rings. The minimum absolute atomic E-state index is 0.277. The van der Waals surface area contributed by atoms with E-state index in [0.29, 0.717) is 0 Å². The molecule has 0 bridgehead atoms. The zero-order valence-corrected chi connectivity index (χ0v) is 10.1. The molecule has 12 heavy (non-hydrogen) atoms. The fourth-order valence-electron chi connectivity index (χ4n) is 0.715. The molecule has 0 rings (SSSR count). The maximum atomic E-state index is 10.5. The Hall–Kier alpha value is -0.626. The maximum Gasteiger partial charge on any atom is 0.289 e. The maximum absolute atomic E-state index is 10.5. The molecular weight excluding hydrogens is 192 g/mol. The first-order valence-corrected chi connectivity index (χ1v) is 9.69. The van der Waals surface area contributed by atoms with Crippen LogP contribution in [0.2, 0.25) is 13.1 Å². The topological polar surface area (TPSA) is 52.6 Å². The Morgan fingerprint density at radius 1 is 0.917 bits per heavy atom. The van der Waals surface area contributed by atoms with Gasteiger partial charge in [-0.15, -0.1) is 0 Å². The Balaban J connectivity index is 3.83. The van der Waals surface area contributed by atoms with E-state index < -0.39 is 17.1 Å². The van der Waals surface area contributed by atoms with Gasteiger partial charge in [-0.25, -0.2) is 0 Å². The third-order valence-corrected chi connectivity index (χ3v) is 8.88. The molecule has 70 valence electrons. The summed E-state index contributed by atoms with van der Waals surface area (Å²) in [6.45, 7) is 6.50. The van der Waals surface area contributed by atoms with Crippen molar-refractivity contribution in [2.24, 2.45) is 0 Å². The van der Waals surface area contributed by atoms with Crippen LogP contribution in [0.5, 0.6) is 0 Å². The Labute approximate surface area is 75.1 Å². The van der Waals surface area contributed by atoms with E-state index in [2.05, 4.69) is 0 Å². The molecule has 0 aliphatic rings. The van der Waals surface area contributed by atoms with Crippen molar-refractivity contribution in [3.05, 3.63) is 0 Å². The van der Waals surface area contributed by atoms with Gasteiger partial charge in [0, 0.05) is 13.8 Å². The Bertz CT molecular complexity index is 162. The fourth-order valence-corrected chi connectivity index (χ4v) is 4.45. The van der Waals surface area contributed by atoms with Gasteiger partial charge in [-0.2, -0.15) is 0 Å². The van der Waals surface area contributed by atoms with Crippen LogP contribution in [0, 0.1) is 0 Å². The summed E-state index contributed by atoms with van der Waals surface area (Å²) in [6.07, 6.45) is 0. The van der Waals surface area contributed by atoms with E-state index in [0.717, 1.165) is 0 Å². The Morgan fingerprint density at radius 2 is 1.17 bits per heavy atom. The predicted octanol–water partition coefficient (Wildman–Crippen LogP) is -0.102. The van der Waals surface area contributed by atoms with Gasteiger partial charge in [0.1, 0.15) is 0 Å². The molecule has 0 amide bonds. The zero-order chi connectivity index (χ0) is 9.72. The summed E-state index contributed by atoms with van der Waals surface area (Å²) in [6, 6.07) is 0. The molecule has 0 radical (unpaired) electrons. The molecule has 0 N–H and O–H groups in total. The van der Waals surface area contributed by atoms with Crippen molar-refractivity contribution in [3.63, 3.8) is 0 Å². The van der Waals surface area contributed by atoms with Crippen LogP contribution >= 0.6 is 0 Å². The number of rotatable bonds is 3. The van der Waals surface area contributed by atoms with E-state index in [4.69, 9.17) is 8.85 Å². The van der Waals surface area contributed by atoms with E-state index >= 15 is 0 Å². The molecule has 0 aromatic heterocycles. The van der Waals surface area contributed by atoms with Gasteiger partial charge < -0.3 is 8.85 Å². The molecule has 2 atom stereocenters. The molecule has 0 fully saturated rings. The largest absolute Gasteiger partial charge is 0.521 e. The van der Waals surface area contributed by atoms with Crippen molar-refractivity contribution >= 4 is 29.1 Å². The highest BCUT2D eigenvalue weighted by Gasteiger charge is 2.22. The smallest absolute Gasteiger partial charge is 0.289 e. The highest BCUT2D eigenvalue weighted by Crippen LogP contribution is 1.96. The summed E-state index contributed by atoms with van der Waals surface area (Å²) >= 11 is 0. The molecule has 6 heteroatoms. The van der Waals surface area contributed by atoms with E-state index in [-0.39, 0.29) is 11.9 Å². The molecule has 0 aromatic carbocycles. The average Bonchev–Trinajstić information content (AvgIpc) is 1.84. The zero-order valence-electron chi connectivity index (χ0n) is 7.79. The van der Waals surface area contributed by atoms with Crippen molar-refractivity contribution < 1.29 is 18.4 Å². The van der Waals surface area contributed by atoms with Gasteiger partial charge in [0.05, 0.1) is 0 Å². The van der Waals surface area contributed by atoms with E-state index in [1.165, 1.54) is 13.8 Å². The van der Waals surface area contributed by atoms with Gasteiger partial charge in [-0.05, 0) is 13.1 Å². The first-order valence-electron chi connectivity index (χ1n) is 3.78. The minimum atomic E-state index is -1.56. The lowest BCUT2D eigenvalue weighted by Crippen LogP contribution is -2.38. The molecule has 0 spiro atoms. The van der Waals surface area contributed by atoms with Crippen molar-refractivity contribution in [3.8, 4) is 0 Å². The highest BCUT2D eigenvalue weighted by molar-refractivity contribution is 7.16. The van der Waals surface area contributed by atoms with Crippen LogP contribution in [0.4, 0.5) is 0 Å². The molecule has 0 saturated heterocycles. The number of carbonyl (C=O) groups excluding carboxylic acids is 2. The summed E-state index contributed by atoms with van der Waals surface area (Å²) in [5.74, 6) is -0.554. The quantitative estimate of drug-likeness (QED) is 0.605. The highest BCUT2D eigenvalue weighted by atomic mass is 29.2. The monoisotopic (exact) mass is 206 g/mol. The van der Waals surface area contributed by atoms with Crippen LogP contribution in [-0.2, 0) is 18.4 Å². The van der Waals surface area contributed by atoms with Gasteiger partial charge in [0.25, 0.3) is 29.1 Å². The lowest BCUT2D eigenvalue weighted by atomic mass is 10.9. The molecule has 4 nitrogen and oxygen atoms in total. The summed E-state index contributed by atoms with van der Waals surface area (Å²) in [4.78, 5) is 21.1. The van der Waals surface area contributed by atoms with Crippen LogP contribution in [-0.4, -0.2) is 29.1 Å². The van der Waals surface area contributed by atoms with Crippen molar-refractivity contribution in [1.29, 1.82) is 0 Å². The van der Waals surface area contributed by atoms with Crippen LogP contribution < -0.4 is 0 Å². The third-order valence-electron chi connectivity index (χ3n) is 1.36. The second-order valence-corrected chi connectivity index (χ2v) is 11.6. The summed E-state index contributed by atoms with van der Waals surface area (Å²) in [5, 5.41) is 0. The van der Waals surface area contributed by atoms with Gasteiger partial charge >= 0.3 is 0 Å². The van der Waals surface area contributed by atoms with E-state index in [9.17, 15) is 9.59 Å². The lowest BCUT2D eigenvalue weighted by molar-refractivity contribution is -0.134. The van der Waals surface area contributed by atoms with Crippen molar-refractivity contribution in [1.82, 2.24) is 0 Å². The first-order chi connectivity index (χ1) is 5.43. The molecule has 0 saturated carbocycles. The number of hydrogen-bond donors (Lipinski definition) is 0. The molecule has 0 aliphatic heterocycles. The minimum Gasteiger partial charge on any atom is -0.521 e. The number of carbonyl (C=O) groups is 2. The SMILES string of the molecule is CC(=O)O[SiH](C)[SiH](C)OC(C)=O. The van der Waals surface area contributed by atoms with Gasteiger partial charge in [0.15, 0.2) is 0 Å². The fraction of sp³-hybridized carbons (Fsp3) is 0.667. The van der Waals surface area contributed by atoms with Gasteiger partial charge in [-0.1, -0.05) is 0 Å². The predicted molar refractivity (Wildman–Crippen MR) is 49.6 cm³/mol. The summed E-state index contributed by atoms with van der Waals surface area (Å²) in [7, 11) is -3.13. The standard InChI is InChI=1S/C6H14O4Si2/c1-5(7)9-11(3)12(4)10-6(2)8/h11-12H,1-4H3. The number of hydrogen-bond acceptors (Lipinski definition) is 4.